The van der Waals surface area contributed by atoms with E-state index in [1.165, 1.54) is 23.4 Å². The molecule has 0 saturated heterocycles. The first kappa shape index (κ1) is 14.3. The van der Waals surface area contributed by atoms with Gasteiger partial charge in [-0.2, -0.15) is 0 Å². The molecule has 0 unspecified atom stereocenters. The van der Waals surface area contributed by atoms with E-state index in [0.717, 1.165) is 6.42 Å². The maximum atomic E-state index is 12.5. The molecule has 1 aromatic heterocycles. The molecule has 0 spiro atoms. The zero-order chi connectivity index (χ0) is 15.5. The number of benzene rings is 1. The molecular formula is C18H18N2O2. The van der Waals surface area contributed by atoms with Crippen molar-refractivity contribution in [2.75, 3.05) is 13.1 Å². The zero-order valence-electron chi connectivity index (χ0n) is 12.5. The summed E-state index contributed by atoms with van der Waals surface area (Å²) in [6, 6.07) is 11.7. The number of pyridine rings is 1. The molecule has 0 fully saturated rings. The maximum absolute atomic E-state index is 12.5. The van der Waals surface area contributed by atoms with Crippen molar-refractivity contribution in [3.8, 4) is 0 Å². The third-order valence-electron chi connectivity index (χ3n) is 4.00. The number of rotatable bonds is 2. The van der Waals surface area contributed by atoms with Gasteiger partial charge in [-0.25, -0.2) is 0 Å². The fraction of sp³-hybridized carbons (Fsp3) is 0.222. The molecule has 2 heterocycles. The van der Waals surface area contributed by atoms with Crippen molar-refractivity contribution < 1.29 is 4.79 Å². The van der Waals surface area contributed by atoms with Crippen LogP contribution in [0.1, 0.15) is 27.9 Å². The smallest absolute Gasteiger partial charge is 0.255 e. The highest BCUT2D eigenvalue weighted by Gasteiger charge is 2.20. The van der Waals surface area contributed by atoms with Crippen LogP contribution in [-0.4, -0.2) is 28.9 Å². The van der Waals surface area contributed by atoms with Crippen molar-refractivity contribution in [1.82, 2.24) is 9.88 Å². The molecule has 1 aliphatic rings. The predicted molar refractivity (Wildman–Crippen MR) is 86.7 cm³/mol. The third kappa shape index (κ3) is 2.86. The topological polar surface area (TPSA) is 53.2 Å². The minimum absolute atomic E-state index is 0.0305. The number of aromatic amines is 1. The van der Waals surface area contributed by atoms with Crippen LogP contribution in [0, 0.1) is 6.92 Å². The van der Waals surface area contributed by atoms with Gasteiger partial charge in [-0.15, -0.1) is 0 Å². The Hall–Kier alpha value is -2.62. The molecule has 1 aliphatic heterocycles. The normalized spacial score (nSPS) is 14.6. The number of nitrogens with zero attached hydrogens (tertiary/aromatic N) is 1. The molecule has 0 radical (unpaired) electrons. The van der Waals surface area contributed by atoms with Gasteiger partial charge in [0.15, 0.2) is 0 Å². The first-order chi connectivity index (χ1) is 10.6. The van der Waals surface area contributed by atoms with Gasteiger partial charge in [-0.3, -0.25) is 9.59 Å². The molecule has 4 heteroatoms. The van der Waals surface area contributed by atoms with Crippen molar-refractivity contribution in [2.24, 2.45) is 0 Å². The lowest BCUT2D eigenvalue weighted by atomic mass is 9.99. The molecule has 0 atom stereocenters. The molecule has 22 heavy (non-hydrogen) atoms. The van der Waals surface area contributed by atoms with Crippen LogP contribution >= 0.6 is 0 Å². The minimum atomic E-state index is -0.182. The lowest BCUT2D eigenvalue weighted by molar-refractivity contribution is 0.0771. The zero-order valence-corrected chi connectivity index (χ0v) is 12.5. The van der Waals surface area contributed by atoms with Crippen molar-refractivity contribution in [1.29, 1.82) is 0 Å². The Morgan fingerprint density at radius 2 is 2.00 bits per heavy atom. The molecule has 3 rings (SSSR count). The van der Waals surface area contributed by atoms with Crippen LogP contribution in [0.5, 0.6) is 0 Å². The Morgan fingerprint density at radius 1 is 1.23 bits per heavy atom. The largest absolute Gasteiger partial charge is 0.335 e. The van der Waals surface area contributed by atoms with E-state index in [1.807, 2.05) is 23.1 Å². The van der Waals surface area contributed by atoms with Gasteiger partial charge < -0.3 is 9.88 Å². The number of aryl methyl sites for hydroxylation is 1. The Morgan fingerprint density at radius 3 is 2.64 bits per heavy atom. The summed E-state index contributed by atoms with van der Waals surface area (Å²) in [5.41, 5.74) is 3.60. The Balaban J connectivity index is 1.77. The minimum Gasteiger partial charge on any atom is -0.335 e. The number of amides is 1. The lowest BCUT2D eigenvalue weighted by Crippen LogP contribution is -2.35. The number of carbonyl (C=O) groups excluding carboxylic acids is 1. The second-order valence-corrected chi connectivity index (χ2v) is 5.49. The Kier molecular flexibility index (Phi) is 3.92. The van der Waals surface area contributed by atoms with Gasteiger partial charge in [-0.1, -0.05) is 36.4 Å². The van der Waals surface area contributed by atoms with E-state index in [2.05, 4.69) is 23.2 Å². The highest BCUT2D eigenvalue weighted by Crippen LogP contribution is 2.23. The second kappa shape index (κ2) is 6.02. The summed E-state index contributed by atoms with van der Waals surface area (Å²) >= 11 is 0. The summed E-state index contributed by atoms with van der Waals surface area (Å²) < 4.78 is 0. The van der Waals surface area contributed by atoms with Crippen molar-refractivity contribution in [3.63, 3.8) is 0 Å². The third-order valence-corrected chi connectivity index (χ3v) is 4.00. The molecule has 1 amide bonds. The van der Waals surface area contributed by atoms with E-state index >= 15 is 0 Å². The molecule has 0 bridgehead atoms. The summed E-state index contributed by atoms with van der Waals surface area (Å²) in [6.45, 7) is 3.08. The fourth-order valence-corrected chi connectivity index (χ4v) is 2.74. The summed E-state index contributed by atoms with van der Waals surface area (Å²) in [5.74, 6) is -0.0305. The fourth-order valence-electron chi connectivity index (χ4n) is 2.74. The van der Waals surface area contributed by atoms with E-state index in [4.69, 9.17) is 0 Å². The maximum Gasteiger partial charge on any atom is 0.255 e. The number of hydrogen-bond donors (Lipinski definition) is 1. The lowest BCUT2D eigenvalue weighted by Gasteiger charge is -2.27. The van der Waals surface area contributed by atoms with E-state index in [0.29, 0.717) is 24.2 Å². The molecule has 2 aromatic rings. The molecule has 0 saturated carbocycles. The SMILES string of the molecule is Cc1cc(=O)[nH]cc1C(=O)N1CC=C(c2ccccc2)CC1. The van der Waals surface area contributed by atoms with E-state index in [1.54, 1.807) is 6.92 Å². The number of hydrogen-bond acceptors (Lipinski definition) is 2. The van der Waals surface area contributed by atoms with Crippen LogP contribution in [0.25, 0.3) is 5.57 Å². The first-order valence-corrected chi connectivity index (χ1v) is 7.38. The monoisotopic (exact) mass is 294 g/mol. The standard InChI is InChI=1S/C18H18N2O2/c1-13-11-17(21)19-12-16(13)18(22)20-9-7-15(8-10-20)14-5-3-2-4-6-14/h2-7,11-12H,8-10H2,1H3,(H,19,21). The van der Waals surface area contributed by atoms with Crippen LogP contribution in [0.3, 0.4) is 0 Å². The van der Waals surface area contributed by atoms with Crippen LogP contribution in [-0.2, 0) is 0 Å². The van der Waals surface area contributed by atoms with Crippen LogP contribution < -0.4 is 5.56 Å². The first-order valence-electron chi connectivity index (χ1n) is 7.38. The van der Waals surface area contributed by atoms with E-state index in [9.17, 15) is 9.59 Å². The summed E-state index contributed by atoms with van der Waals surface area (Å²) in [4.78, 5) is 28.2. The average molecular weight is 294 g/mol. The van der Waals surface area contributed by atoms with Crippen LogP contribution in [0.4, 0.5) is 0 Å². The number of H-pyrrole nitrogens is 1. The van der Waals surface area contributed by atoms with Crippen molar-refractivity contribution in [2.45, 2.75) is 13.3 Å². The molecular weight excluding hydrogens is 276 g/mol. The number of carbonyl (C=O) groups is 1. The van der Waals surface area contributed by atoms with Gasteiger partial charge in [0.2, 0.25) is 5.56 Å². The summed E-state index contributed by atoms with van der Waals surface area (Å²) in [7, 11) is 0. The highest BCUT2D eigenvalue weighted by atomic mass is 16.2. The Labute approximate surface area is 129 Å². The molecule has 0 aliphatic carbocycles. The number of aromatic nitrogens is 1. The van der Waals surface area contributed by atoms with Crippen molar-refractivity contribution in [3.05, 3.63) is 75.7 Å². The van der Waals surface area contributed by atoms with Crippen LogP contribution in [0.15, 0.2) is 53.5 Å². The van der Waals surface area contributed by atoms with Gasteiger partial charge in [-0.05, 0) is 30.0 Å². The van der Waals surface area contributed by atoms with Gasteiger partial charge in [0.05, 0.1) is 5.56 Å². The van der Waals surface area contributed by atoms with E-state index < -0.39 is 0 Å². The highest BCUT2D eigenvalue weighted by molar-refractivity contribution is 5.95. The average Bonchev–Trinajstić information content (AvgIpc) is 2.55. The van der Waals surface area contributed by atoms with Gasteiger partial charge in [0.1, 0.15) is 0 Å². The quantitative estimate of drug-likeness (QED) is 0.925. The Bertz CT molecular complexity index is 775. The number of nitrogens with one attached hydrogen (secondary N) is 1. The predicted octanol–water partition coefficient (Wildman–Crippen LogP) is 2.61. The molecule has 1 aromatic carbocycles. The molecule has 4 nitrogen and oxygen atoms in total. The van der Waals surface area contributed by atoms with Gasteiger partial charge in [0.25, 0.3) is 5.91 Å². The van der Waals surface area contributed by atoms with Crippen LogP contribution in [0.2, 0.25) is 0 Å². The molecule has 112 valence electrons. The van der Waals surface area contributed by atoms with E-state index in [-0.39, 0.29) is 11.5 Å². The van der Waals surface area contributed by atoms with Gasteiger partial charge >= 0.3 is 0 Å². The molecule has 1 N–H and O–H groups in total. The second-order valence-electron chi connectivity index (χ2n) is 5.49. The van der Waals surface area contributed by atoms with Crippen molar-refractivity contribution >= 4 is 11.5 Å². The summed E-state index contributed by atoms with van der Waals surface area (Å²) in [6.07, 6.45) is 4.46. The van der Waals surface area contributed by atoms with Gasteiger partial charge in [0, 0.05) is 25.4 Å². The summed E-state index contributed by atoms with van der Waals surface area (Å²) in [5, 5.41) is 0.